The molecule has 3 rings (SSSR count). The highest BCUT2D eigenvalue weighted by Gasteiger charge is 2.29. The lowest BCUT2D eigenvalue weighted by Gasteiger charge is -2.30. The molecule has 0 bridgehead atoms. The normalized spacial score (nSPS) is 18.3. The van der Waals surface area contributed by atoms with Crippen molar-refractivity contribution in [2.24, 2.45) is 5.92 Å². The van der Waals surface area contributed by atoms with Gasteiger partial charge in [0.15, 0.2) is 0 Å². The Hall–Kier alpha value is -1.86. The van der Waals surface area contributed by atoms with E-state index in [0.717, 1.165) is 16.7 Å². The van der Waals surface area contributed by atoms with Crippen molar-refractivity contribution in [1.82, 2.24) is 9.62 Å². The highest BCUT2D eigenvalue weighted by Crippen LogP contribution is 2.21. The zero-order valence-corrected chi connectivity index (χ0v) is 15.4. The summed E-state index contributed by atoms with van der Waals surface area (Å²) in [5, 5.41) is 4.09. The van der Waals surface area contributed by atoms with Gasteiger partial charge in [0.05, 0.1) is 6.26 Å². The van der Waals surface area contributed by atoms with E-state index >= 15 is 0 Å². The first kappa shape index (κ1) is 17.9. The molecule has 1 amide bonds. The Labute approximate surface area is 148 Å². The van der Waals surface area contributed by atoms with Crippen LogP contribution in [0.25, 0.3) is 11.0 Å². The van der Waals surface area contributed by atoms with Crippen LogP contribution in [0.1, 0.15) is 25.5 Å². The van der Waals surface area contributed by atoms with Crippen molar-refractivity contribution in [2.45, 2.75) is 32.2 Å². The van der Waals surface area contributed by atoms with Crippen molar-refractivity contribution >= 4 is 26.9 Å². The highest BCUT2D eigenvalue weighted by atomic mass is 32.2. The van der Waals surface area contributed by atoms with Gasteiger partial charge in [0.2, 0.25) is 15.9 Å². The maximum Gasteiger partial charge on any atom is 0.223 e. The molecule has 1 saturated heterocycles. The molecular formula is C18H24N2O4S. The largest absolute Gasteiger partial charge is 0.461 e. The van der Waals surface area contributed by atoms with E-state index in [9.17, 15) is 13.2 Å². The first-order valence-electron chi connectivity index (χ1n) is 8.56. The Kier molecular flexibility index (Phi) is 5.15. The standard InChI is InChI=1S/C18H24N2O4S/c1-13(11-16-12-15-5-3-4-6-17(15)24-16)19-18(21)14-7-9-20(10-8-14)25(2,22)23/h3-6,12-14H,7-11H2,1-2H3,(H,19,21). The van der Waals surface area contributed by atoms with Gasteiger partial charge in [0.25, 0.3) is 0 Å². The monoisotopic (exact) mass is 364 g/mol. The topological polar surface area (TPSA) is 79.6 Å². The molecule has 6 nitrogen and oxygen atoms in total. The Morgan fingerprint density at radius 1 is 1.32 bits per heavy atom. The summed E-state index contributed by atoms with van der Waals surface area (Å²) in [6, 6.07) is 9.79. The minimum Gasteiger partial charge on any atom is -0.461 e. The quantitative estimate of drug-likeness (QED) is 0.882. The SMILES string of the molecule is CC(Cc1cc2ccccc2o1)NC(=O)C1CCN(S(C)(=O)=O)CC1. The second-order valence-corrected chi connectivity index (χ2v) is 8.78. The second kappa shape index (κ2) is 7.17. The molecule has 0 radical (unpaired) electrons. The number of carbonyl (C=O) groups excluding carboxylic acids is 1. The number of hydrogen-bond acceptors (Lipinski definition) is 4. The van der Waals surface area contributed by atoms with E-state index < -0.39 is 10.0 Å². The van der Waals surface area contributed by atoms with Crippen LogP contribution in [0, 0.1) is 5.92 Å². The number of fused-ring (bicyclic) bond motifs is 1. The van der Waals surface area contributed by atoms with Gasteiger partial charge in [-0.25, -0.2) is 12.7 Å². The molecule has 1 aromatic heterocycles. The molecule has 2 aromatic rings. The highest BCUT2D eigenvalue weighted by molar-refractivity contribution is 7.88. The third-order valence-corrected chi connectivity index (χ3v) is 5.97. The number of rotatable bonds is 5. The van der Waals surface area contributed by atoms with Crippen molar-refractivity contribution < 1.29 is 17.6 Å². The molecule has 1 fully saturated rings. The number of furan rings is 1. The summed E-state index contributed by atoms with van der Waals surface area (Å²) in [6.07, 6.45) is 2.97. The van der Waals surface area contributed by atoms with E-state index in [0.29, 0.717) is 32.4 Å². The van der Waals surface area contributed by atoms with Crippen molar-refractivity contribution in [1.29, 1.82) is 0 Å². The van der Waals surface area contributed by atoms with Gasteiger partial charge < -0.3 is 9.73 Å². The molecular weight excluding hydrogens is 340 g/mol. The molecule has 1 atom stereocenters. The molecule has 0 aliphatic carbocycles. The van der Waals surface area contributed by atoms with Gasteiger partial charge in [-0.1, -0.05) is 18.2 Å². The molecule has 1 N–H and O–H groups in total. The van der Waals surface area contributed by atoms with Crippen LogP contribution in [-0.2, 0) is 21.2 Å². The molecule has 25 heavy (non-hydrogen) atoms. The van der Waals surface area contributed by atoms with Crippen LogP contribution in [0.15, 0.2) is 34.7 Å². The molecule has 136 valence electrons. The number of nitrogens with zero attached hydrogens (tertiary/aromatic N) is 1. The van der Waals surface area contributed by atoms with Crippen LogP contribution >= 0.6 is 0 Å². The molecule has 2 heterocycles. The summed E-state index contributed by atoms with van der Waals surface area (Å²) < 4.78 is 30.3. The lowest BCUT2D eigenvalue weighted by atomic mass is 9.96. The lowest BCUT2D eigenvalue weighted by Crippen LogP contribution is -2.44. The number of benzene rings is 1. The summed E-state index contributed by atoms with van der Waals surface area (Å²) in [4.78, 5) is 12.4. The van der Waals surface area contributed by atoms with E-state index in [-0.39, 0.29) is 17.9 Å². The van der Waals surface area contributed by atoms with Crippen molar-refractivity contribution in [3.8, 4) is 0 Å². The molecule has 0 spiro atoms. The average molecular weight is 364 g/mol. The first-order chi connectivity index (χ1) is 11.8. The predicted octanol–water partition coefficient (Wildman–Crippen LogP) is 2.15. The van der Waals surface area contributed by atoms with Crippen molar-refractivity contribution in [3.63, 3.8) is 0 Å². The first-order valence-corrected chi connectivity index (χ1v) is 10.4. The van der Waals surface area contributed by atoms with Crippen molar-refractivity contribution in [3.05, 3.63) is 36.1 Å². The smallest absolute Gasteiger partial charge is 0.223 e. The van der Waals surface area contributed by atoms with E-state index in [1.54, 1.807) is 0 Å². The third-order valence-electron chi connectivity index (χ3n) is 4.67. The van der Waals surface area contributed by atoms with Gasteiger partial charge in [-0.2, -0.15) is 0 Å². The Morgan fingerprint density at radius 2 is 2.00 bits per heavy atom. The van der Waals surface area contributed by atoms with Crippen LogP contribution in [0.5, 0.6) is 0 Å². The molecule has 1 aliphatic heterocycles. The summed E-state index contributed by atoms with van der Waals surface area (Å²) in [6.45, 7) is 2.78. The van der Waals surface area contributed by atoms with Gasteiger partial charge in [-0.3, -0.25) is 4.79 Å². The number of piperidine rings is 1. The van der Waals surface area contributed by atoms with Crippen LogP contribution < -0.4 is 5.32 Å². The van der Waals surface area contributed by atoms with E-state index in [1.165, 1.54) is 10.6 Å². The fourth-order valence-electron chi connectivity index (χ4n) is 3.30. The van der Waals surface area contributed by atoms with Gasteiger partial charge >= 0.3 is 0 Å². The van der Waals surface area contributed by atoms with E-state index in [4.69, 9.17) is 4.42 Å². The lowest BCUT2D eigenvalue weighted by molar-refractivity contribution is -0.126. The number of hydrogen-bond donors (Lipinski definition) is 1. The minimum absolute atomic E-state index is 0.00300. The zero-order valence-electron chi connectivity index (χ0n) is 14.6. The fraction of sp³-hybridized carbons (Fsp3) is 0.500. The zero-order chi connectivity index (χ0) is 18.0. The van der Waals surface area contributed by atoms with Gasteiger partial charge in [0.1, 0.15) is 11.3 Å². The number of sulfonamides is 1. The number of carbonyl (C=O) groups is 1. The Bertz CT molecular complexity index is 818. The van der Waals surface area contributed by atoms with Crippen LogP contribution in [0.3, 0.4) is 0 Å². The maximum absolute atomic E-state index is 12.4. The molecule has 1 aromatic carbocycles. The van der Waals surface area contributed by atoms with Crippen LogP contribution in [0.4, 0.5) is 0 Å². The van der Waals surface area contributed by atoms with Crippen molar-refractivity contribution in [2.75, 3.05) is 19.3 Å². The van der Waals surface area contributed by atoms with Crippen LogP contribution in [-0.4, -0.2) is 44.0 Å². The maximum atomic E-state index is 12.4. The molecule has 0 saturated carbocycles. The number of para-hydroxylation sites is 1. The van der Waals surface area contributed by atoms with E-state index in [2.05, 4.69) is 5.32 Å². The summed E-state index contributed by atoms with van der Waals surface area (Å²) >= 11 is 0. The molecule has 7 heteroatoms. The number of nitrogens with one attached hydrogen (secondary N) is 1. The van der Waals surface area contributed by atoms with Gasteiger partial charge in [-0.15, -0.1) is 0 Å². The average Bonchev–Trinajstić information content (AvgIpc) is 2.96. The minimum atomic E-state index is -3.16. The molecule has 1 aliphatic rings. The summed E-state index contributed by atoms with van der Waals surface area (Å²) in [5.74, 6) is 0.716. The predicted molar refractivity (Wildman–Crippen MR) is 96.7 cm³/mol. The van der Waals surface area contributed by atoms with Gasteiger partial charge in [0, 0.05) is 36.9 Å². The van der Waals surface area contributed by atoms with E-state index in [1.807, 2.05) is 37.3 Å². The summed E-state index contributed by atoms with van der Waals surface area (Å²) in [5.41, 5.74) is 0.851. The summed E-state index contributed by atoms with van der Waals surface area (Å²) in [7, 11) is -3.16. The second-order valence-electron chi connectivity index (χ2n) is 6.80. The van der Waals surface area contributed by atoms with Crippen LogP contribution in [0.2, 0.25) is 0 Å². The molecule has 1 unspecified atom stereocenters. The van der Waals surface area contributed by atoms with Gasteiger partial charge in [-0.05, 0) is 31.9 Å². The number of amides is 1. The Morgan fingerprint density at radius 3 is 2.64 bits per heavy atom. The fourth-order valence-corrected chi connectivity index (χ4v) is 4.17. The Balaban J connectivity index is 1.52. The third kappa shape index (κ3) is 4.41.